The molecule has 7 nitrogen and oxygen atoms in total. The Bertz CT molecular complexity index is 1410. The Morgan fingerprint density at radius 3 is 2.46 bits per heavy atom. The van der Waals surface area contributed by atoms with Crippen LogP contribution in [0.4, 0.5) is 5.69 Å². The number of amides is 1. The summed E-state index contributed by atoms with van der Waals surface area (Å²) in [5.74, 6) is 1.31. The van der Waals surface area contributed by atoms with E-state index in [0.29, 0.717) is 44.9 Å². The van der Waals surface area contributed by atoms with Gasteiger partial charge in [-0.15, -0.1) is 0 Å². The first kappa shape index (κ1) is 24.3. The van der Waals surface area contributed by atoms with E-state index in [0.717, 1.165) is 0 Å². The first-order chi connectivity index (χ1) is 16.9. The van der Waals surface area contributed by atoms with E-state index in [2.05, 4.69) is 19.2 Å². The lowest BCUT2D eigenvalue weighted by Crippen LogP contribution is -2.23. The molecule has 0 fully saturated rings. The van der Waals surface area contributed by atoms with Gasteiger partial charge in [0.25, 0.3) is 5.56 Å². The molecule has 8 heteroatoms. The van der Waals surface area contributed by atoms with Crippen LogP contribution in [0.15, 0.2) is 76.7 Å². The summed E-state index contributed by atoms with van der Waals surface area (Å²) in [6.45, 7) is 4.24. The molecule has 0 aliphatic rings. The highest BCUT2D eigenvalue weighted by Gasteiger charge is 2.16. The summed E-state index contributed by atoms with van der Waals surface area (Å²) >= 11 is 1.20. The Balaban J connectivity index is 1.64. The molecule has 1 N–H and O–H groups in total. The van der Waals surface area contributed by atoms with E-state index in [9.17, 15) is 9.59 Å². The number of benzene rings is 3. The molecule has 0 saturated carbocycles. The van der Waals surface area contributed by atoms with Gasteiger partial charge < -0.3 is 14.8 Å². The average molecular weight is 490 g/mol. The van der Waals surface area contributed by atoms with Gasteiger partial charge in [0.2, 0.25) is 5.91 Å². The number of nitrogens with one attached hydrogen (secondary N) is 1. The minimum atomic E-state index is -0.248. The molecule has 4 aromatic rings. The zero-order valence-corrected chi connectivity index (χ0v) is 20.9. The quantitative estimate of drug-likeness (QED) is 0.269. The largest absolute Gasteiger partial charge is 0.497 e. The smallest absolute Gasteiger partial charge is 0.266 e. The Morgan fingerprint density at radius 1 is 1.03 bits per heavy atom. The summed E-state index contributed by atoms with van der Waals surface area (Å²) < 4.78 is 12.1. The first-order valence-corrected chi connectivity index (χ1v) is 12.2. The number of anilines is 1. The zero-order valence-electron chi connectivity index (χ0n) is 20.1. The van der Waals surface area contributed by atoms with Crippen LogP contribution in [-0.2, 0) is 4.79 Å². The normalized spacial score (nSPS) is 11.0. The number of thioether (sulfide) groups is 1. The number of ether oxygens (including phenoxy) is 2. The van der Waals surface area contributed by atoms with Crippen molar-refractivity contribution in [2.75, 3.05) is 25.3 Å². The highest BCUT2D eigenvalue weighted by Crippen LogP contribution is 2.29. The minimum absolute atomic E-state index is 0.0596. The Labute approximate surface area is 208 Å². The maximum Gasteiger partial charge on any atom is 0.266 e. The van der Waals surface area contributed by atoms with Gasteiger partial charge in [0, 0.05) is 6.07 Å². The van der Waals surface area contributed by atoms with Crippen molar-refractivity contribution in [3.63, 3.8) is 0 Å². The van der Waals surface area contributed by atoms with E-state index in [1.807, 2.05) is 36.4 Å². The van der Waals surface area contributed by atoms with Crippen molar-refractivity contribution in [2.24, 2.45) is 0 Å². The number of carbonyl (C=O) groups excluding carboxylic acids is 1. The van der Waals surface area contributed by atoms with Gasteiger partial charge in [-0.1, -0.05) is 49.9 Å². The molecule has 35 heavy (non-hydrogen) atoms. The van der Waals surface area contributed by atoms with E-state index in [1.165, 1.54) is 24.4 Å². The molecule has 0 radical (unpaired) electrons. The summed E-state index contributed by atoms with van der Waals surface area (Å²) in [6.07, 6.45) is 0. The lowest BCUT2D eigenvalue weighted by molar-refractivity contribution is -0.113. The van der Waals surface area contributed by atoms with E-state index in [-0.39, 0.29) is 17.2 Å². The van der Waals surface area contributed by atoms with Crippen LogP contribution in [0.1, 0.15) is 25.3 Å². The van der Waals surface area contributed by atoms with Crippen LogP contribution in [-0.4, -0.2) is 35.4 Å². The third-order valence-electron chi connectivity index (χ3n) is 5.58. The lowest BCUT2D eigenvalue weighted by Gasteiger charge is -2.15. The predicted octanol–water partition coefficient (Wildman–Crippen LogP) is 5.26. The van der Waals surface area contributed by atoms with Crippen molar-refractivity contribution >= 4 is 34.3 Å². The van der Waals surface area contributed by atoms with Gasteiger partial charge in [0.1, 0.15) is 11.5 Å². The number of rotatable bonds is 8. The monoisotopic (exact) mass is 489 g/mol. The highest BCUT2D eigenvalue weighted by molar-refractivity contribution is 7.99. The molecule has 1 heterocycles. The molecule has 0 aliphatic carbocycles. The average Bonchev–Trinajstić information content (AvgIpc) is 2.88. The number of hydrogen-bond donors (Lipinski definition) is 1. The molecule has 3 aromatic carbocycles. The predicted molar refractivity (Wildman–Crippen MR) is 140 cm³/mol. The van der Waals surface area contributed by atoms with Crippen LogP contribution in [0.3, 0.4) is 0 Å². The van der Waals surface area contributed by atoms with E-state index < -0.39 is 0 Å². The first-order valence-electron chi connectivity index (χ1n) is 11.2. The molecule has 0 unspecified atom stereocenters. The van der Waals surface area contributed by atoms with Gasteiger partial charge in [0.15, 0.2) is 5.16 Å². The molecule has 0 spiro atoms. The molecule has 0 atom stereocenters. The number of carbonyl (C=O) groups is 1. The maximum absolute atomic E-state index is 13.4. The van der Waals surface area contributed by atoms with Crippen LogP contribution in [0, 0.1) is 0 Å². The van der Waals surface area contributed by atoms with Crippen molar-refractivity contribution in [3.05, 3.63) is 82.6 Å². The molecule has 0 aliphatic heterocycles. The van der Waals surface area contributed by atoms with Crippen molar-refractivity contribution in [3.8, 4) is 17.2 Å². The van der Waals surface area contributed by atoms with Crippen LogP contribution in [0.5, 0.6) is 11.5 Å². The fourth-order valence-electron chi connectivity index (χ4n) is 3.66. The van der Waals surface area contributed by atoms with Crippen molar-refractivity contribution in [1.82, 2.24) is 9.55 Å². The zero-order chi connectivity index (χ0) is 24.9. The summed E-state index contributed by atoms with van der Waals surface area (Å²) in [7, 11) is 3.09. The maximum atomic E-state index is 13.4. The number of para-hydroxylation sites is 1. The standard InChI is InChI=1S/C27H27N3O4S/c1-17(2)18-9-11-19(12-10-18)30-26(32)21-7-5-6-8-22(21)29-27(30)35-16-25(31)28-23-14-13-20(33-3)15-24(23)34-4/h5-15,17H,16H2,1-4H3,(H,28,31). The van der Waals surface area contributed by atoms with Crippen LogP contribution < -0.4 is 20.3 Å². The summed E-state index contributed by atoms with van der Waals surface area (Å²) in [5.41, 5.74) is 2.84. The second-order valence-electron chi connectivity index (χ2n) is 8.20. The van der Waals surface area contributed by atoms with Crippen LogP contribution in [0.2, 0.25) is 0 Å². The molecule has 180 valence electrons. The van der Waals surface area contributed by atoms with Gasteiger partial charge in [-0.3, -0.25) is 14.2 Å². The third kappa shape index (κ3) is 5.33. The van der Waals surface area contributed by atoms with Gasteiger partial charge >= 0.3 is 0 Å². The highest BCUT2D eigenvalue weighted by atomic mass is 32.2. The number of nitrogens with zero attached hydrogens (tertiary/aromatic N) is 2. The van der Waals surface area contributed by atoms with Crippen LogP contribution in [0.25, 0.3) is 16.6 Å². The van der Waals surface area contributed by atoms with Crippen LogP contribution >= 0.6 is 11.8 Å². The minimum Gasteiger partial charge on any atom is -0.497 e. The number of aromatic nitrogens is 2. The van der Waals surface area contributed by atoms with Crippen molar-refractivity contribution < 1.29 is 14.3 Å². The third-order valence-corrected chi connectivity index (χ3v) is 6.52. The van der Waals surface area contributed by atoms with Crippen molar-refractivity contribution in [2.45, 2.75) is 24.9 Å². The SMILES string of the molecule is COc1ccc(NC(=O)CSc2nc3ccccc3c(=O)n2-c2ccc(C(C)C)cc2)c(OC)c1. The van der Waals surface area contributed by atoms with Gasteiger partial charge in [-0.25, -0.2) is 4.98 Å². The topological polar surface area (TPSA) is 82.5 Å². The van der Waals surface area contributed by atoms with Gasteiger partial charge in [-0.05, 0) is 47.9 Å². The summed E-state index contributed by atoms with van der Waals surface area (Å²) in [5, 5.41) is 3.83. The molecule has 4 rings (SSSR count). The number of hydrogen-bond acceptors (Lipinski definition) is 6. The molecule has 1 aromatic heterocycles. The van der Waals surface area contributed by atoms with E-state index in [1.54, 1.807) is 42.0 Å². The molecular formula is C27H27N3O4S. The Morgan fingerprint density at radius 2 is 1.77 bits per heavy atom. The van der Waals surface area contributed by atoms with E-state index >= 15 is 0 Å². The van der Waals surface area contributed by atoms with Crippen molar-refractivity contribution in [1.29, 1.82) is 0 Å². The fourth-order valence-corrected chi connectivity index (χ4v) is 4.48. The lowest BCUT2D eigenvalue weighted by atomic mass is 10.0. The second-order valence-corrected chi connectivity index (χ2v) is 9.14. The second kappa shape index (κ2) is 10.7. The fraction of sp³-hybridized carbons (Fsp3) is 0.222. The number of fused-ring (bicyclic) bond motifs is 1. The summed E-state index contributed by atoms with van der Waals surface area (Å²) in [4.78, 5) is 30.9. The van der Waals surface area contributed by atoms with Gasteiger partial charge in [-0.2, -0.15) is 0 Å². The molecular weight excluding hydrogens is 462 g/mol. The molecule has 1 amide bonds. The molecule has 0 saturated heterocycles. The Hall–Kier alpha value is -3.78. The van der Waals surface area contributed by atoms with E-state index in [4.69, 9.17) is 14.5 Å². The Kier molecular flexibility index (Phi) is 7.41. The molecule has 0 bridgehead atoms. The summed E-state index contributed by atoms with van der Waals surface area (Å²) in [6, 6.07) is 20.3. The van der Waals surface area contributed by atoms with Gasteiger partial charge in [0.05, 0.1) is 42.3 Å². The number of methoxy groups -OCH3 is 2.